The van der Waals surface area contributed by atoms with Gasteiger partial charge in [0.25, 0.3) is 0 Å². The molecule has 4 rings (SSSR count). The van der Waals surface area contributed by atoms with E-state index in [0.717, 1.165) is 18.8 Å². The molecular weight excluding hydrogens is 448 g/mol. The maximum absolute atomic E-state index is 11.5. The molecule has 198 valence electrons. The molecule has 4 aliphatic carbocycles. The first-order valence-corrected chi connectivity index (χ1v) is 15.5. The van der Waals surface area contributed by atoms with Gasteiger partial charge >= 0.3 is 10.4 Å². The van der Waals surface area contributed by atoms with Crippen LogP contribution in [0, 0.1) is 58.2 Å². The van der Waals surface area contributed by atoms with E-state index >= 15 is 0 Å². The highest BCUT2D eigenvalue weighted by Crippen LogP contribution is 2.68. The second kappa shape index (κ2) is 9.61. The number of hydrogen-bond acceptors (Lipinski definition) is 4. The normalized spacial score (nSPS) is 46.4. The van der Waals surface area contributed by atoms with Crippen LogP contribution in [-0.2, 0) is 14.6 Å². The number of hydrogen-bond donors (Lipinski definition) is 2. The second-order valence-electron chi connectivity index (χ2n) is 13.8. The minimum atomic E-state index is -4.43. The van der Waals surface area contributed by atoms with E-state index in [-0.39, 0.29) is 17.4 Å². The molecule has 0 aromatic heterocycles. The summed E-state index contributed by atoms with van der Waals surface area (Å²) >= 11 is 0. The first kappa shape index (κ1) is 26.9. The average molecular weight is 499 g/mol. The molecule has 0 amide bonds. The molecule has 0 saturated heterocycles. The summed E-state index contributed by atoms with van der Waals surface area (Å²) in [5.41, 5.74) is 0.656. The minimum absolute atomic E-state index is 0.0285. The first-order valence-electron chi connectivity index (χ1n) is 14.1. The average Bonchev–Trinajstić information content (AvgIpc) is 3.08. The Kier molecular flexibility index (Phi) is 7.60. The van der Waals surface area contributed by atoms with Gasteiger partial charge in [0, 0.05) is 0 Å². The van der Waals surface area contributed by atoms with E-state index in [4.69, 9.17) is 4.18 Å². The summed E-state index contributed by atoms with van der Waals surface area (Å²) in [6.07, 6.45) is 10.8. The third-order valence-corrected chi connectivity index (χ3v) is 12.1. The lowest BCUT2D eigenvalue weighted by molar-refractivity contribution is -0.168. The summed E-state index contributed by atoms with van der Waals surface area (Å²) in [6, 6.07) is 0. The lowest BCUT2D eigenvalue weighted by Crippen LogP contribution is -2.58. The highest BCUT2D eigenvalue weighted by atomic mass is 32.3. The van der Waals surface area contributed by atoms with Gasteiger partial charge in [-0.05, 0) is 116 Å². The third kappa shape index (κ3) is 4.87. The summed E-state index contributed by atoms with van der Waals surface area (Å²) in [7, 11) is -4.43. The Bertz CT molecular complexity index is 827. The van der Waals surface area contributed by atoms with E-state index in [1.165, 1.54) is 44.9 Å². The molecular formula is C28H50O5S. The van der Waals surface area contributed by atoms with Crippen molar-refractivity contribution in [3.63, 3.8) is 0 Å². The van der Waals surface area contributed by atoms with Gasteiger partial charge in [-0.2, -0.15) is 8.42 Å². The van der Waals surface area contributed by atoms with Crippen molar-refractivity contribution in [3.05, 3.63) is 0 Å². The fourth-order valence-electron chi connectivity index (χ4n) is 9.69. The highest BCUT2D eigenvalue weighted by Gasteiger charge is 2.62. The number of rotatable bonds is 7. The van der Waals surface area contributed by atoms with Gasteiger partial charge in [-0.1, -0.05) is 48.0 Å². The largest absolute Gasteiger partial charge is 0.397 e. The van der Waals surface area contributed by atoms with Gasteiger partial charge in [0.2, 0.25) is 0 Å². The molecule has 4 fully saturated rings. The Balaban J connectivity index is 1.47. The summed E-state index contributed by atoms with van der Waals surface area (Å²) in [5.74, 6) is 4.28. The zero-order valence-corrected chi connectivity index (χ0v) is 23.2. The van der Waals surface area contributed by atoms with E-state index in [1.54, 1.807) is 0 Å². The molecule has 0 radical (unpaired) electrons. The fourth-order valence-corrected chi connectivity index (χ4v) is 10.3. The highest BCUT2D eigenvalue weighted by molar-refractivity contribution is 7.80. The number of aliphatic hydroxyl groups is 1. The Morgan fingerprint density at radius 1 is 0.941 bits per heavy atom. The molecule has 0 aromatic rings. The van der Waals surface area contributed by atoms with Crippen molar-refractivity contribution in [1.82, 2.24) is 0 Å². The van der Waals surface area contributed by atoms with Crippen LogP contribution >= 0.6 is 0 Å². The molecule has 34 heavy (non-hydrogen) atoms. The minimum Gasteiger partial charge on any atom is -0.393 e. The zero-order valence-electron chi connectivity index (χ0n) is 22.4. The van der Waals surface area contributed by atoms with Crippen molar-refractivity contribution in [2.45, 2.75) is 118 Å². The van der Waals surface area contributed by atoms with Gasteiger partial charge in [0.05, 0.1) is 12.2 Å². The van der Waals surface area contributed by atoms with Crippen LogP contribution in [0.25, 0.3) is 0 Å². The van der Waals surface area contributed by atoms with E-state index in [0.29, 0.717) is 47.3 Å². The van der Waals surface area contributed by atoms with Crippen molar-refractivity contribution in [2.75, 3.05) is 0 Å². The maximum Gasteiger partial charge on any atom is 0.397 e. The van der Waals surface area contributed by atoms with Crippen LogP contribution in [0.4, 0.5) is 0 Å². The monoisotopic (exact) mass is 498 g/mol. The standard InChI is InChI=1S/C28H50O5S/c1-17(2)25(33-34(30,31)32)10-7-19(4)21-8-9-22-26-23(12-14-28(21,22)6)27(5)13-11-18(3)15-20(27)16-24(26)29/h17-26,29H,7-16H2,1-6H3,(H,30,31,32)/t18?,19?,20-,21-,22?,23?,24?,25?,26?,27?,28?/m1/s1. The quantitative estimate of drug-likeness (QED) is 0.391. The lowest BCUT2D eigenvalue weighted by atomic mass is 9.43. The molecule has 0 aromatic carbocycles. The molecule has 9 unspecified atom stereocenters. The molecule has 0 spiro atoms. The molecule has 6 heteroatoms. The molecule has 2 N–H and O–H groups in total. The summed E-state index contributed by atoms with van der Waals surface area (Å²) in [6.45, 7) is 13.7. The van der Waals surface area contributed by atoms with Crippen LogP contribution in [0.2, 0.25) is 0 Å². The van der Waals surface area contributed by atoms with Crippen LogP contribution in [0.15, 0.2) is 0 Å². The third-order valence-electron chi connectivity index (χ3n) is 11.6. The smallest absolute Gasteiger partial charge is 0.393 e. The molecule has 0 heterocycles. The van der Waals surface area contributed by atoms with Gasteiger partial charge < -0.3 is 5.11 Å². The predicted molar refractivity (Wildman–Crippen MR) is 135 cm³/mol. The Morgan fingerprint density at radius 2 is 1.59 bits per heavy atom. The van der Waals surface area contributed by atoms with Gasteiger partial charge in [0.1, 0.15) is 0 Å². The summed E-state index contributed by atoms with van der Waals surface area (Å²) in [5, 5.41) is 11.5. The topological polar surface area (TPSA) is 83.8 Å². The van der Waals surface area contributed by atoms with Crippen LogP contribution in [0.3, 0.4) is 0 Å². The van der Waals surface area contributed by atoms with Gasteiger partial charge in [0.15, 0.2) is 0 Å². The lowest BCUT2D eigenvalue weighted by Gasteiger charge is -2.62. The van der Waals surface area contributed by atoms with Gasteiger partial charge in [-0.25, -0.2) is 4.18 Å². The van der Waals surface area contributed by atoms with E-state index in [1.807, 2.05) is 13.8 Å². The molecule has 5 nitrogen and oxygen atoms in total. The van der Waals surface area contributed by atoms with E-state index < -0.39 is 16.5 Å². The fraction of sp³-hybridized carbons (Fsp3) is 1.00. The van der Waals surface area contributed by atoms with Crippen molar-refractivity contribution >= 4 is 10.4 Å². The van der Waals surface area contributed by atoms with Crippen molar-refractivity contribution in [3.8, 4) is 0 Å². The first-order chi connectivity index (χ1) is 15.8. The zero-order chi connectivity index (χ0) is 25.1. The predicted octanol–water partition coefficient (Wildman–Crippen LogP) is 6.51. The van der Waals surface area contributed by atoms with Crippen molar-refractivity contribution < 1.29 is 22.3 Å². The Labute approximate surface area is 208 Å². The summed E-state index contributed by atoms with van der Waals surface area (Å²) in [4.78, 5) is 0. The van der Waals surface area contributed by atoms with Crippen molar-refractivity contribution in [1.29, 1.82) is 0 Å². The molecule has 4 aliphatic rings. The summed E-state index contributed by atoms with van der Waals surface area (Å²) < 4.78 is 36.8. The molecule has 11 atom stereocenters. The maximum atomic E-state index is 11.5. The molecule has 0 bridgehead atoms. The van der Waals surface area contributed by atoms with E-state index in [9.17, 15) is 18.1 Å². The number of aliphatic hydroxyl groups excluding tert-OH is 1. The van der Waals surface area contributed by atoms with Crippen LogP contribution in [-0.4, -0.2) is 30.3 Å². The van der Waals surface area contributed by atoms with Crippen LogP contribution < -0.4 is 0 Å². The van der Waals surface area contributed by atoms with Crippen LogP contribution in [0.5, 0.6) is 0 Å². The van der Waals surface area contributed by atoms with Crippen LogP contribution in [0.1, 0.15) is 106 Å². The molecule has 4 saturated carbocycles. The van der Waals surface area contributed by atoms with Crippen molar-refractivity contribution in [2.24, 2.45) is 58.2 Å². The molecule has 0 aliphatic heterocycles. The second-order valence-corrected chi connectivity index (χ2v) is 14.8. The Morgan fingerprint density at radius 3 is 2.24 bits per heavy atom. The Hall–Kier alpha value is -0.170. The van der Waals surface area contributed by atoms with E-state index in [2.05, 4.69) is 27.7 Å². The number of fused-ring (bicyclic) bond motifs is 5. The SMILES string of the molecule is CC1CCC2(C)C3CCC4(C)C(CC[C@@H]4C(C)CCC(OS(=O)(=O)O)C(C)C)C3C(O)C[C@H]2C1. The van der Waals surface area contributed by atoms with Gasteiger partial charge in [-0.15, -0.1) is 0 Å². The van der Waals surface area contributed by atoms with Gasteiger partial charge in [-0.3, -0.25) is 4.55 Å².